The molecule has 1 unspecified atom stereocenters. The lowest BCUT2D eigenvalue weighted by Crippen LogP contribution is -2.38. The Morgan fingerprint density at radius 2 is 2.07 bits per heavy atom. The minimum atomic E-state index is -3.17. The second-order valence-electron chi connectivity index (χ2n) is 7.27. The molecule has 3 aromatic heterocycles. The van der Waals surface area contributed by atoms with E-state index in [9.17, 15) is 8.42 Å². The van der Waals surface area contributed by atoms with Crippen molar-refractivity contribution in [2.75, 3.05) is 24.7 Å². The Kier molecular flexibility index (Phi) is 5.62. The number of hydrogen-bond acceptors (Lipinski definition) is 7. The van der Waals surface area contributed by atoms with Gasteiger partial charge in [0.1, 0.15) is 11.6 Å². The third-order valence-corrected chi connectivity index (χ3v) is 7.35. The van der Waals surface area contributed by atoms with Crippen molar-refractivity contribution < 1.29 is 8.42 Å². The summed E-state index contributed by atoms with van der Waals surface area (Å²) in [7, 11) is -3.17. The number of aromatic nitrogens is 3. The number of anilines is 2. The topological polar surface area (TPSA) is 88.1 Å². The van der Waals surface area contributed by atoms with Crippen molar-refractivity contribution in [3.63, 3.8) is 0 Å². The minimum Gasteiger partial charge on any atom is -0.325 e. The van der Waals surface area contributed by atoms with Crippen molar-refractivity contribution in [1.82, 2.24) is 19.3 Å². The minimum absolute atomic E-state index is 0.134. The van der Waals surface area contributed by atoms with E-state index in [-0.39, 0.29) is 5.92 Å². The van der Waals surface area contributed by atoms with Crippen LogP contribution in [0.3, 0.4) is 0 Å². The Morgan fingerprint density at radius 1 is 1.21 bits per heavy atom. The van der Waals surface area contributed by atoms with Gasteiger partial charge >= 0.3 is 0 Å². The number of aryl methyl sites for hydroxylation is 1. The van der Waals surface area contributed by atoms with Crippen LogP contribution in [0.25, 0.3) is 10.6 Å². The molecule has 29 heavy (non-hydrogen) atoms. The summed E-state index contributed by atoms with van der Waals surface area (Å²) in [5, 5.41) is 4.20. The Balaban J connectivity index is 1.52. The monoisotopic (exact) mass is 429 g/mol. The van der Waals surface area contributed by atoms with E-state index in [2.05, 4.69) is 15.3 Å². The standard InChI is InChI=1S/C20H23N5O2S2/c1-14-8-9-21-19(11-14)24-18-7-3-6-16(23-18)17-12-22-20(28-17)15-5-4-10-25(13-15)29(2,26)27/h3,6-9,11-12,15H,4-5,10,13H2,1-2H3,(H,21,23,24). The molecule has 1 saturated heterocycles. The normalized spacial score (nSPS) is 17.9. The van der Waals surface area contributed by atoms with Crippen LogP contribution in [-0.4, -0.2) is 47.0 Å². The first kappa shape index (κ1) is 19.9. The highest BCUT2D eigenvalue weighted by molar-refractivity contribution is 7.88. The molecule has 152 valence electrons. The summed E-state index contributed by atoms with van der Waals surface area (Å²) < 4.78 is 25.3. The van der Waals surface area contributed by atoms with Gasteiger partial charge < -0.3 is 5.32 Å². The van der Waals surface area contributed by atoms with E-state index in [1.807, 2.05) is 43.5 Å². The predicted octanol–water partition coefficient (Wildman–Crippen LogP) is 3.79. The van der Waals surface area contributed by atoms with Crippen molar-refractivity contribution in [2.45, 2.75) is 25.7 Å². The average Bonchev–Trinajstić information content (AvgIpc) is 3.18. The number of sulfonamides is 1. The fourth-order valence-corrected chi connectivity index (χ4v) is 5.34. The molecule has 0 aromatic carbocycles. The van der Waals surface area contributed by atoms with Gasteiger partial charge in [0.15, 0.2) is 0 Å². The molecular weight excluding hydrogens is 406 g/mol. The zero-order chi connectivity index (χ0) is 20.4. The molecule has 4 heterocycles. The van der Waals surface area contributed by atoms with E-state index in [4.69, 9.17) is 4.98 Å². The molecule has 0 aliphatic carbocycles. The largest absolute Gasteiger partial charge is 0.325 e. The summed E-state index contributed by atoms with van der Waals surface area (Å²) in [6.07, 6.45) is 6.67. The zero-order valence-corrected chi connectivity index (χ0v) is 18.0. The second kappa shape index (κ2) is 8.17. The van der Waals surface area contributed by atoms with E-state index in [1.165, 1.54) is 6.26 Å². The summed E-state index contributed by atoms with van der Waals surface area (Å²) in [5.74, 6) is 1.61. The Labute approximate surface area is 174 Å². The summed E-state index contributed by atoms with van der Waals surface area (Å²) in [6, 6.07) is 9.72. The van der Waals surface area contributed by atoms with E-state index in [1.54, 1.807) is 21.8 Å². The van der Waals surface area contributed by atoms with Crippen LogP contribution in [-0.2, 0) is 10.0 Å². The molecule has 0 radical (unpaired) electrons. The third-order valence-electron chi connectivity index (χ3n) is 4.90. The van der Waals surface area contributed by atoms with Crippen LogP contribution in [0.4, 0.5) is 11.6 Å². The molecule has 0 bridgehead atoms. The molecule has 1 aliphatic heterocycles. The molecule has 1 N–H and O–H groups in total. The smallest absolute Gasteiger partial charge is 0.211 e. The van der Waals surface area contributed by atoms with Gasteiger partial charge in [-0.3, -0.25) is 0 Å². The van der Waals surface area contributed by atoms with Gasteiger partial charge in [-0.15, -0.1) is 11.3 Å². The number of nitrogens with zero attached hydrogens (tertiary/aromatic N) is 4. The van der Waals surface area contributed by atoms with Crippen molar-refractivity contribution in [3.8, 4) is 10.6 Å². The fraction of sp³-hybridized carbons (Fsp3) is 0.350. The van der Waals surface area contributed by atoms with Crippen molar-refractivity contribution in [2.24, 2.45) is 0 Å². The summed E-state index contributed by atoms with van der Waals surface area (Å²) in [4.78, 5) is 14.6. The van der Waals surface area contributed by atoms with Crippen LogP contribution in [0.2, 0.25) is 0 Å². The summed E-state index contributed by atoms with van der Waals surface area (Å²) >= 11 is 1.58. The van der Waals surface area contributed by atoms with E-state index in [0.717, 1.165) is 45.6 Å². The van der Waals surface area contributed by atoms with Gasteiger partial charge in [0.05, 0.1) is 21.8 Å². The molecule has 3 aromatic rings. The highest BCUT2D eigenvalue weighted by atomic mass is 32.2. The van der Waals surface area contributed by atoms with Gasteiger partial charge in [-0.25, -0.2) is 27.7 Å². The van der Waals surface area contributed by atoms with Crippen LogP contribution in [0, 0.1) is 6.92 Å². The molecular formula is C20H23N5O2S2. The molecule has 0 spiro atoms. The van der Waals surface area contributed by atoms with Crippen LogP contribution < -0.4 is 5.32 Å². The van der Waals surface area contributed by atoms with Gasteiger partial charge in [-0.1, -0.05) is 6.07 Å². The van der Waals surface area contributed by atoms with Gasteiger partial charge in [-0.05, 0) is 49.6 Å². The van der Waals surface area contributed by atoms with E-state index >= 15 is 0 Å². The SMILES string of the molecule is Cc1ccnc(Nc2cccc(-c3cnc(C4CCCN(S(C)(=O)=O)C4)s3)n2)c1. The number of nitrogens with one attached hydrogen (secondary N) is 1. The highest BCUT2D eigenvalue weighted by Gasteiger charge is 2.28. The first-order chi connectivity index (χ1) is 13.9. The molecule has 4 rings (SSSR count). The first-order valence-electron chi connectivity index (χ1n) is 9.46. The van der Waals surface area contributed by atoms with Gasteiger partial charge in [0, 0.05) is 31.4 Å². The van der Waals surface area contributed by atoms with Crippen LogP contribution in [0.1, 0.15) is 29.3 Å². The van der Waals surface area contributed by atoms with Crippen LogP contribution >= 0.6 is 11.3 Å². The molecule has 0 amide bonds. The lowest BCUT2D eigenvalue weighted by atomic mass is 10.0. The molecule has 1 fully saturated rings. The third kappa shape index (κ3) is 4.80. The molecule has 0 saturated carbocycles. The second-order valence-corrected chi connectivity index (χ2v) is 10.3. The van der Waals surface area contributed by atoms with Gasteiger partial charge in [-0.2, -0.15) is 0 Å². The zero-order valence-electron chi connectivity index (χ0n) is 16.4. The molecule has 1 aliphatic rings. The number of piperidine rings is 1. The number of hydrogen-bond donors (Lipinski definition) is 1. The Bertz CT molecular complexity index is 1110. The first-order valence-corrected chi connectivity index (χ1v) is 12.1. The average molecular weight is 430 g/mol. The van der Waals surface area contributed by atoms with Crippen molar-refractivity contribution in [1.29, 1.82) is 0 Å². The van der Waals surface area contributed by atoms with Gasteiger partial charge in [0.25, 0.3) is 0 Å². The maximum absolute atomic E-state index is 11.9. The highest BCUT2D eigenvalue weighted by Crippen LogP contribution is 2.34. The van der Waals surface area contributed by atoms with Crippen LogP contribution in [0.5, 0.6) is 0 Å². The molecule has 9 heteroatoms. The Hall–Kier alpha value is -2.36. The molecule has 1 atom stereocenters. The summed E-state index contributed by atoms with van der Waals surface area (Å²) in [6.45, 7) is 3.11. The Morgan fingerprint density at radius 3 is 2.86 bits per heavy atom. The fourth-order valence-electron chi connectivity index (χ4n) is 3.42. The number of thiazole rings is 1. The maximum Gasteiger partial charge on any atom is 0.211 e. The van der Waals surface area contributed by atoms with E-state index < -0.39 is 10.0 Å². The maximum atomic E-state index is 11.9. The predicted molar refractivity (Wildman–Crippen MR) is 116 cm³/mol. The summed E-state index contributed by atoms with van der Waals surface area (Å²) in [5.41, 5.74) is 1.96. The lowest BCUT2D eigenvalue weighted by molar-refractivity contribution is 0.317. The lowest BCUT2D eigenvalue weighted by Gasteiger charge is -2.29. The molecule has 7 nitrogen and oxygen atoms in total. The van der Waals surface area contributed by atoms with Crippen molar-refractivity contribution in [3.05, 3.63) is 53.3 Å². The van der Waals surface area contributed by atoms with Crippen molar-refractivity contribution >= 4 is 33.0 Å². The van der Waals surface area contributed by atoms with Crippen LogP contribution in [0.15, 0.2) is 42.7 Å². The van der Waals surface area contributed by atoms with Gasteiger partial charge in [0.2, 0.25) is 10.0 Å². The number of rotatable bonds is 5. The quantitative estimate of drug-likeness (QED) is 0.664. The van der Waals surface area contributed by atoms with E-state index in [0.29, 0.717) is 13.1 Å². The number of pyridine rings is 2.